The number of carbonyl (C=O) groups excluding carboxylic acids is 1. The highest BCUT2D eigenvalue weighted by Gasteiger charge is 2.40. The van der Waals surface area contributed by atoms with Gasteiger partial charge in [0.1, 0.15) is 11.2 Å². The molecule has 11 heteroatoms. The summed E-state index contributed by atoms with van der Waals surface area (Å²) in [5.41, 5.74) is 0.241. The third kappa shape index (κ3) is 4.67. The van der Waals surface area contributed by atoms with Crippen LogP contribution in [0.2, 0.25) is 0 Å². The van der Waals surface area contributed by atoms with Gasteiger partial charge in [0.05, 0.1) is 4.90 Å². The summed E-state index contributed by atoms with van der Waals surface area (Å²) in [6.45, 7) is 0.0478. The summed E-state index contributed by atoms with van der Waals surface area (Å²) in [6.07, 6.45) is 1.30. The molecular weight excluding hydrogens is 469 g/mol. The molecule has 1 aromatic heterocycles. The highest BCUT2D eigenvalue weighted by atomic mass is 32.2. The number of hydrogen-bond acceptors (Lipinski definition) is 4. The van der Waals surface area contributed by atoms with Gasteiger partial charge in [-0.2, -0.15) is 5.10 Å². The van der Waals surface area contributed by atoms with Crippen molar-refractivity contribution in [1.29, 1.82) is 0 Å². The molecule has 0 radical (unpaired) electrons. The van der Waals surface area contributed by atoms with E-state index < -0.39 is 33.6 Å². The zero-order chi connectivity index (χ0) is 24.1. The summed E-state index contributed by atoms with van der Waals surface area (Å²) >= 11 is 0. The number of fused-ring (bicyclic) bond motifs is 1. The van der Waals surface area contributed by atoms with Crippen LogP contribution < -0.4 is 10.0 Å². The Hall–Kier alpha value is -2.92. The Bertz CT molecular complexity index is 1370. The van der Waals surface area contributed by atoms with Gasteiger partial charge in [-0.1, -0.05) is 18.2 Å². The molecule has 2 aliphatic carbocycles. The predicted octanol–water partition coefficient (Wildman–Crippen LogP) is 4.30. The molecular formula is C23H23F3N4O3S. The van der Waals surface area contributed by atoms with Crippen LogP contribution in [0.1, 0.15) is 42.6 Å². The van der Waals surface area contributed by atoms with E-state index in [1.54, 1.807) is 6.07 Å². The minimum atomic E-state index is -3.72. The smallest absolute Gasteiger partial charge is 0.274 e. The monoisotopic (exact) mass is 492 g/mol. The lowest BCUT2D eigenvalue weighted by atomic mass is 10.1. The van der Waals surface area contributed by atoms with Crippen LogP contribution in [0.3, 0.4) is 0 Å². The highest BCUT2D eigenvalue weighted by Crippen LogP contribution is 2.40. The van der Waals surface area contributed by atoms with Gasteiger partial charge in [-0.3, -0.25) is 9.48 Å². The number of sulfonamides is 1. The van der Waals surface area contributed by atoms with Crippen LogP contribution in [0.15, 0.2) is 47.4 Å². The Morgan fingerprint density at radius 3 is 2.62 bits per heavy atom. The molecule has 1 amide bonds. The molecule has 7 nitrogen and oxygen atoms in total. The van der Waals surface area contributed by atoms with Crippen molar-refractivity contribution in [2.45, 2.75) is 55.5 Å². The van der Waals surface area contributed by atoms with E-state index in [0.717, 1.165) is 12.8 Å². The van der Waals surface area contributed by atoms with E-state index in [2.05, 4.69) is 15.1 Å². The van der Waals surface area contributed by atoms with Gasteiger partial charge in [0, 0.05) is 36.5 Å². The van der Waals surface area contributed by atoms with E-state index in [4.69, 9.17) is 0 Å². The van der Waals surface area contributed by atoms with Crippen LogP contribution in [0.25, 0.3) is 10.9 Å². The quantitative estimate of drug-likeness (QED) is 0.514. The third-order valence-electron chi connectivity index (χ3n) is 6.17. The van der Waals surface area contributed by atoms with Gasteiger partial charge in [0.15, 0.2) is 5.82 Å². The molecule has 2 aromatic carbocycles. The fraction of sp³-hybridized carbons (Fsp3) is 0.391. The number of nitrogens with zero attached hydrogens (tertiary/aromatic N) is 2. The lowest BCUT2D eigenvalue weighted by Crippen LogP contribution is -2.26. The van der Waals surface area contributed by atoms with Crippen molar-refractivity contribution in [2.75, 3.05) is 5.32 Å². The summed E-state index contributed by atoms with van der Waals surface area (Å²) in [5.74, 6) is -4.42. The van der Waals surface area contributed by atoms with E-state index >= 15 is 0 Å². The normalized spacial score (nSPS) is 20.0. The Labute approximate surface area is 194 Å². The first-order valence-electron chi connectivity index (χ1n) is 11.1. The molecule has 0 aliphatic heterocycles. The number of anilines is 1. The minimum absolute atomic E-state index is 0.00907. The molecule has 2 N–H and O–H groups in total. The molecule has 2 aliphatic rings. The summed E-state index contributed by atoms with van der Waals surface area (Å²) < 4.78 is 70.7. The number of hydrogen-bond donors (Lipinski definition) is 2. The first kappa shape index (κ1) is 22.9. The molecule has 2 fully saturated rings. The molecule has 180 valence electrons. The maximum atomic E-state index is 14.4. The molecule has 0 bridgehead atoms. The van der Waals surface area contributed by atoms with Crippen molar-refractivity contribution in [1.82, 2.24) is 14.5 Å². The maximum Gasteiger partial charge on any atom is 0.274 e. The number of alkyl halides is 2. The van der Waals surface area contributed by atoms with Gasteiger partial charge in [0.25, 0.3) is 5.91 Å². The number of amides is 1. The van der Waals surface area contributed by atoms with Crippen LogP contribution in [-0.4, -0.2) is 36.1 Å². The topological polar surface area (TPSA) is 93.1 Å². The van der Waals surface area contributed by atoms with Gasteiger partial charge < -0.3 is 5.32 Å². The van der Waals surface area contributed by atoms with E-state index in [9.17, 15) is 26.4 Å². The van der Waals surface area contributed by atoms with Gasteiger partial charge in [-0.15, -0.1) is 0 Å². The Balaban J connectivity index is 1.45. The number of halogens is 3. The lowest BCUT2D eigenvalue weighted by Gasteiger charge is -2.14. The van der Waals surface area contributed by atoms with Crippen LogP contribution in [0.4, 0.5) is 18.9 Å². The zero-order valence-corrected chi connectivity index (χ0v) is 18.9. The van der Waals surface area contributed by atoms with Crippen LogP contribution >= 0.6 is 0 Å². The molecule has 1 atom stereocenters. The zero-order valence-electron chi connectivity index (χ0n) is 18.1. The fourth-order valence-corrected chi connectivity index (χ4v) is 5.70. The molecule has 1 heterocycles. The summed E-state index contributed by atoms with van der Waals surface area (Å²) in [6, 6.07) is 9.94. The second-order valence-corrected chi connectivity index (χ2v) is 10.7. The van der Waals surface area contributed by atoms with Crippen LogP contribution in [-0.2, 0) is 16.6 Å². The Morgan fingerprint density at radius 1 is 1.15 bits per heavy atom. The standard InChI is InChI=1S/C23H23F3N4O3S/c24-19-6-2-5-18-20(19)28-30(13-14-9-10-23(25,26)12-14)21(18)22(31)27-16-3-1-4-17(11-16)34(32,33)29-15-7-8-15/h1-6,11,14-15,29H,7-10,12-13H2,(H,27,31). The summed E-state index contributed by atoms with van der Waals surface area (Å²) in [4.78, 5) is 13.3. The number of carbonyl (C=O) groups is 1. The first-order valence-corrected chi connectivity index (χ1v) is 12.6. The second-order valence-electron chi connectivity index (χ2n) is 9.01. The maximum absolute atomic E-state index is 14.4. The number of nitrogens with one attached hydrogen (secondary N) is 2. The van der Waals surface area contributed by atoms with Crippen molar-refractivity contribution in [2.24, 2.45) is 5.92 Å². The SMILES string of the molecule is O=C(Nc1cccc(S(=O)(=O)NC2CC2)c1)c1c2cccc(F)c2nn1CC1CCC(F)(F)C1. The van der Waals surface area contributed by atoms with Gasteiger partial charge >= 0.3 is 0 Å². The van der Waals surface area contributed by atoms with Gasteiger partial charge in [-0.05, 0) is 49.4 Å². The third-order valence-corrected chi connectivity index (χ3v) is 7.69. The number of aromatic nitrogens is 2. The fourth-order valence-electron chi connectivity index (χ4n) is 4.35. The van der Waals surface area contributed by atoms with Crippen molar-refractivity contribution in [3.8, 4) is 0 Å². The molecule has 3 aromatic rings. The molecule has 0 saturated heterocycles. The molecule has 1 unspecified atom stereocenters. The van der Waals surface area contributed by atoms with E-state index in [1.807, 2.05) is 0 Å². The van der Waals surface area contributed by atoms with Crippen LogP contribution in [0.5, 0.6) is 0 Å². The van der Waals surface area contributed by atoms with Crippen molar-refractivity contribution >= 4 is 32.5 Å². The number of rotatable bonds is 7. The molecule has 34 heavy (non-hydrogen) atoms. The Kier molecular flexibility index (Phi) is 5.64. The predicted molar refractivity (Wildman–Crippen MR) is 120 cm³/mol. The minimum Gasteiger partial charge on any atom is -0.321 e. The molecule has 5 rings (SSSR count). The average molecular weight is 493 g/mol. The Morgan fingerprint density at radius 2 is 1.91 bits per heavy atom. The van der Waals surface area contributed by atoms with Gasteiger partial charge in [0.2, 0.25) is 15.9 Å². The van der Waals surface area contributed by atoms with Crippen molar-refractivity contribution < 1.29 is 26.4 Å². The van der Waals surface area contributed by atoms with Crippen molar-refractivity contribution in [3.05, 3.63) is 54.0 Å². The number of benzene rings is 2. The van der Waals surface area contributed by atoms with Crippen LogP contribution in [0, 0.1) is 11.7 Å². The van der Waals surface area contributed by atoms with Gasteiger partial charge in [-0.25, -0.2) is 26.3 Å². The van der Waals surface area contributed by atoms with E-state index in [0.29, 0.717) is 0 Å². The molecule has 2 saturated carbocycles. The van der Waals surface area contributed by atoms with E-state index in [-0.39, 0.29) is 59.0 Å². The molecule has 0 spiro atoms. The summed E-state index contributed by atoms with van der Waals surface area (Å²) in [7, 11) is -3.72. The largest absolute Gasteiger partial charge is 0.321 e. The first-order chi connectivity index (χ1) is 16.1. The highest BCUT2D eigenvalue weighted by molar-refractivity contribution is 7.89. The second kappa shape index (κ2) is 8.38. The lowest BCUT2D eigenvalue weighted by molar-refractivity contribution is 0.00422. The van der Waals surface area contributed by atoms with E-state index in [1.165, 1.54) is 41.1 Å². The average Bonchev–Trinajstić information content (AvgIpc) is 3.38. The van der Waals surface area contributed by atoms with Crippen molar-refractivity contribution in [3.63, 3.8) is 0 Å². The summed E-state index contributed by atoms with van der Waals surface area (Å²) in [5, 5.41) is 7.12.